The van der Waals surface area contributed by atoms with Gasteiger partial charge in [-0.05, 0) is 72.5 Å². The van der Waals surface area contributed by atoms with E-state index in [0.29, 0.717) is 53.3 Å². The summed E-state index contributed by atoms with van der Waals surface area (Å²) in [6.07, 6.45) is 0. The molecule has 5 rings (SSSR count). The predicted molar refractivity (Wildman–Crippen MR) is 149 cm³/mol. The minimum atomic E-state index is -1.12. The fourth-order valence-electron chi connectivity index (χ4n) is 4.82. The lowest BCUT2D eigenvalue weighted by molar-refractivity contribution is 0.0697. The van der Waals surface area contributed by atoms with Crippen molar-refractivity contribution in [2.24, 2.45) is 0 Å². The van der Waals surface area contributed by atoms with Gasteiger partial charge in [0.2, 0.25) is 0 Å². The van der Waals surface area contributed by atoms with Crippen LogP contribution in [-0.2, 0) is 6.54 Å². The van der Waals surface area contributed by atoms with Crippen molar-refractivity contribution in [3.05, 3.63) is 118 Å². The SMILES string of the molecule is Cc1ccc(C(C)NC(=O)c2ccc3c(c2)OCCN3Cc2ccc(-c3ccccc3C(=O)O)c(F)c2)cc1F. The molecule has 0 aliphatic carbocycles. The zero-order valence-corrected chi connectivity index (χ0v) is 22.1. The fourth-order valence-corrected chi connectivity index (χ4v) is 4.82. The minimum absolute atomic E-state index is 0.0384. The Balaban J connectivity index is 1.31. The van der Waals surface area contributed by atoms with E-state index in [4.69, 9.17) is 4.74 Å². The summed E-state index contributed by atoms with van der Waals surface area (Å²) in [5.41, 5.74) is 3.69. The molecule has 0 radical (unpaired) electrons. The van der Waals surface area contributed by atoms with Crippen LogP contribution in [0.3, 0.4) is 0 Å². The van der Waals surface area contributed by atoms with Crippen LogP contribution in [0.15, 0.2) is 78.9 Å². The number of nitrogens with zero attached hydrogens (tertiary/aromatic N) is 1. The standard InChI is InChI=1S/C32H28F2N2O4/c1-19-7-9-22(16-27(19)33)20(2)35-31(37)23-10-12-29-30(17-23)40-14-13-36(29)18-21-8-11-25(28(34)15-21)24-5-3-4-6-26(24)32(38)39/h3-12,15-17,20H,13-14,18H2,1-2H3,(H,35,37)(H,38,39). The molecule has 1 unspecified atom stereocenters. The number of fused-ring (bicyclic) bond motifs is 1. The van der Waals surface area contributed by atoms with E-state index < -0.39 is 17.8 Å². The number of hydrogen-bond acceptors (Lipinski definition) is 4. The lowest BCUT2D eigenvalue weighted by Crippen LogP contribution is -2.32. The first kappa shape index (κ1) is 26.9. The van der Waals surface area contributed by atoms with Crippen LogP contribution < -0.4 is 15.0 Å². The van der Waals surface area contributed by atoms with E-state index in [1.807, 2.05) is 4.90 Å². The quantitative estimate of drug-likeness (QED) is 0.278. The number of carbonyl (C=O) groups excluding carboxylic acids is 1. The molecule has 0 saturated carbocycles. The van der Waals surface area contributed by atoms with Crippen LogP contribution in [0, 0.1) is 18.6 Å². The summed E-state index contributed by atoms with van der Waals surface area (Å²) < 4.78 is 34.9. The van der Waals surface area contributed by atoms with Crippen LogP contribution in [0.25, 0.3) is 11.1 Å². The molecule has 0 saturated heterocycles. The van der Waals surface area contributed by atoms with Crippen molar-refractivity contribution in [3.8, 4) is 16.9 Å². The zero-order valence-electron chi connectivity index (χ0n) is 22.1. The molecular formula is C32H28F2N2O4. The first-order chi connectivity index (χ1) is 19.2. The number of nitrogens with one attached hydrogen (secondary N) is 1. The average molecular weight is 543 g/mol. The van der Waals surface area contributed by atoms with Crippen LogP contribution in [-0.4, -0.2) is 30.1 Å². The Hall–Kier alpha value is -4.72. The molecule has 8 heteroatoms. The molecular weight excluding hydrogens is 514 g/mol. The van der Waals surface area contributed by atoms with E-state index in [1.165, 1.54) is 18.2 Å². The molecule has 1 amide bonds. The maximum absolute atomic E-state index is 15.1. The molecule has 1 aliphatic rings. The summed E-state index contributed by atoms with van der Waals surface area (Å²) in [5, 5.41) is 12.4. The highest BCUT2D eigenvalue weighted by Gasteiger charge is 2.22. The summed E-state index contributed by atoms with van der Waals surface area (Å²) in [4.78, 5) is 26.6. The molecule has 40 heavy (non-hydrogen) atoms. The second-order valence-electron chi connectivity index (χ2n) is 9.82. The van der Waals surface area contributed by atoms with Gasteiger partial charge in [0, 0.05) is 17.7 Å². The number of anilines is 1. The maximum Gasteiger partial charge on any atom is 0.336 e. The molecule has 1 aliphatic heterocycles. The highest BCUT2D eigenvalue weighted by molar-refractivity contribution is 5.96. The topological polar surface area (TPSA) is 78.9 Å². The Bertz CT molecular complexity index is 1600. The van der Waals surface area contributed by atoms with Gasteiger partial charge in [0.1, 0.15) is 24.0 Å². The van der Waals surface area contributed by atoms with Crippen molar-refractivity contribution >= 4 is 17.6 Å². The van der Waals surface area contributed by atoms with Crippen LogP contribution in [0.1, 0.15) is 50.4 Å². The molecule has 2 N–H and O–H groups in total. The smallest absolute Gasteiger partial charge is 0.336 e. The number of benzene rings is 4. The van der Waals surface area contributed by atoms with Crippen LogP contribution in [0.4, 0.5) is 14.5 Å². The minimum Gasteiger partial charge on any atom is -0.490 e. The molecule has 6 nitrogen and oxygen atoms in total. The van der Waals surface area contributed by atoms with Gasteiger partial charge >= 0.3 is 5.97 Å². The average Bonchev–Trinajstić information content (AvgIpc) is 2.94. The summed E-state index contributed by atoms with van der Waals surface area (Å²) >= 11 is 0. The highest BCUT2D eigenvalue weighted by Crippen LogP contribution is 2.34. The van der Waals surface area contributed by atoms with Crippen molar-refractivity contribution in [3.63, 3.8) is 0 Å². The molecule has 1 heterocycles. The molecule has 0 spiro atoms. The van der Waals surface area contributed by atoms with Gasteiger partial charge in [-0.25, -0.2) is 13.6 Å². The Kier molecular flexibility index (Phi) is 7.51. The van der Waals surface area contributed by atoms with Crippen LogP contribution >= 0.6 is 0 Å². The van der Waals surface area contributed by atoms with E-state index >= 15 is 4.39 Å². The van der Waals surface area contributed by atoms with Crippen molar-refractivity contribution in [1.82, 2.24) is 5.32 Å². The van der Waals surface area contributed by atoms with Gasteiger partial charge in [0.15, 0.2) is 0 Å². The summed E-state index contributed by atoms with van der Waals surface area (Å²) in [6, 6.07) is 20.8. The van der Waals surface area contributed by atoms with Gasteiger partial charge in [0.05, 0.1) is 23.8 Å². The fraction of sp³-hybridized carbons (Fsp3) is 0.188. The zero-order chi connectivity index (χ0) is 28.4. The van der Waals surface area contributed by atoms with Gasteiger partial charge in [-0.3, -0.25) is 4.79 Å². The van der Waals surface area contributed by atoms with Crippen LogP contribution in [0.5, 0.6) is 5.75 Å². The molecule has 1 atom stereocenters. The van der Waals surface area contributed by atoms with Crippen molar-refractivity contribution in [2.45, 2.75) is 26.4 Å². The Morgan fingerprint density at radius 1 is 0.975 bits per heavy atom. The number of halogens is 2. The number of hydrogen-bond donors (Lipinski definition) is 2. The van der Waals surface area contributed by atoms with Gasteiger partial charge in [-0.2, -0.15) is 0 Å². The first-order valence-corrected chi connectivity index (χ1v) is 12.9. The van der Waals surface area contributed by atoms with Gasteiger partial charge in [-0.1, -0.05) is 42.5 Å². The summed E-state index contributed by atoms with van der Waals surface area (Å²) in [6.45, 7) is 4.84. The van der Waals surface area contributed by atoms with E-state index in [9.17, 15) is 19.1 Å². The summed E-state index contributed by atoms with van der Waals surface area (Å²) in [7, 11) is 0. The molecule has 4 aromatic carbocycles. The monoisotopic (exact) mass is 542 g/mol. The Labute approximate surface area is 230 Å². The number of aromatic carboxylic acids is 1. The lowest BCUT2D eigenvalue weighted by Gasteiger charge is -2.31. The third-order valence-electron chi connectivity index (χ3n) is 7.08. The first-order valence-electron chi connectivity index (χ1n) is 12.9. The maximum atomic E-state index is 15.1. The van der Waals surface area contributed by atoms with Crippen molar-refractivity contribution < 1.29 is 28.2 Å². The molecule has 204 valence electrons. The molecule has 4 aromatic rings. The summed E-state index contributed by atoms with van der Waals surface area (Å²) in [5.74, 6) is -1.71. The Morgan fingerprint density at radius 3 is 2.52 bits per heavy atom. The van der Waals surface area contributed by atoms with Gasteiger partial charge in [-0.15, -0.1) is 0 Å². The van der Waals surface area contributed by atoms with Crippen molar-refractivity contribution in [2.75, 3.05) is 18.1 Å². The van der Waals surface area contributed by atoms with E-state index in [1.54, 1.807) is 74.5 Å². The normalized spacial score (nSPS) is 13.2. The molecule has 0 aromatic heterocycles. The number of rotatable bonds is 7. The number of carboxylic acid groups (broad SMARTS) is 1. The third-order valence-corrected chi connectivity index (χ3v) is 7.08. The molecule has 0 fully saturated rings. The second-order valence-corrected chi connectivity index (χ2v) is 9.82. The number of carbonyl (C=O) groups is 2. The second kappa shape index (κ2) is 11.2. The van der Waals surface area contributed by atoms with E-state index in [2.05, 4.69) is 5.32 Å². The largest absolute Gasteiger partial charge is 0.490 e. The lowest BCUT2D eigenvalue weighted by atomic mass is 9.98. The van der Waals surface area contributed by atoms with Crippen molar-refractivity contribution in [1.29, 1.82) is 0 Å². The molecule has 0 bridgehead atoms. The third kappa shape index (κ3) is 5.52. The van der Waals surface area contributed by atoms with Gasteiger partial charge < -0.3 is 20.1 Å². The number of amides is 1. The highest BCUT2D eigenvalue weighted by atomic mass is 19.1. The van der Waals surface area contributed by atoms with Crippen LogP contribution in [0.2, 0.25) is 0 Å². The van der Waals surface area contributed by atoms with Gasteiger partial charge in [0.25, 0.3) is 5.91 Å². The van der Waals surface area contributed by atoms with E-state index in [-0.39, 0.29) is 22.9 Å². The van der Waals surface area contributed by atoms with E-state index in [0.717, 1.165) is 5.69 Å². The predicted octanol–water partition coefficient (Wildman–Crippen LogP) is 6.53. The number of aryl methyl sites for hydroxylation is 1. The number of carboxylic acids is 1. The number of ether oxygens (including phenoxy) is 1. The Morgan fingerprint density at radius 2 is 1.77 bits per heavy atom.